The number of hydrogen-bond donors (Lipinski definition) is 0. The van der Waals surface area contributed by atoms with Crippen LogP contribution in [0, 0.1) is 20.8 Å². The number of Topliss-reactive ketones (excluding diaryl/α,β-unsaturated/α-hetero) is 1. The van der Waals surface area contributed by atoms with E-state index in [-0.39, 0.29) is 12.4 Å². The normalized spacial score (nSPS) is 11.1. The number of rotatable bonds is 6. The molecule has 0 aliphatic rings. The molecule has 3 heterocycles. The van der Waals surface area contributed by atoms with Gasteiger partial charge in [0, 0.05) is 33.6 Å². The SMILES string of the molecule is Cc1ccc(-c2csc3ncnc(OCC(=O)c4cc(C)n(-c5ccccc5)c4C)c23)cc1. The highest BCUT2D eigenvalue weighted by Crippen LogP contribution is 2.37. The zero-order valence-electron chi connectivity index (χ0n) is 18.7. The van der Waals surface area contributed by atoms with Crippen LogP contribution in [0.15, 0.2) is 72.4 Å². The molecule has 0 bridgehead atoms. The first-order chi connectivity index (χ1) is 16.0. The van der Waals surface area contributed by atoms with Gasteiger partial charge < -0.3 is 9.30 Å². The van der Waals surface area contributed by atoms with Crippen molar-refractivity contribution < 1.29 is 9.53 Å². The summed E-state index contributed by atoms with van der Waals surface area (Å²) < 4.78 is 8.07. The summed E-state index contributed by atoms with van der Waals surface area (Å²) >= 11 is 1.54. The molecule has 0 saturated heterocycles. The predicted molar refractivity (Wildman–Crippen MR) is 133 cm³/mol. The summed E-state index contributed by atoms with van der Waals surface area (Å²) in [5.74, 6) is 0.353. The molecule has 3 aromatic heterocycles. The Morgan fingerprint density at radius 2 is 1.76 bits per heavy atom. The number of ether oxygens (including phenoxy) is 1. The maximum atomic E-state index is 13.1. The zero-order chi connectivity index (χ0) is 22.9. The van der Waals surface area contributed by atoms with E-state index in [0.717, 1.165) is 38.4 Å². The molecule has 5 aromatic rings. The van der Waals surface area contributed by atoms with E-state index in [4.69, 9.17) is 4.74 Å². The molecular weight excluding hydrogens is 430 g/mol. The van der Waals surface area contributed by atoms with Crippen molar-refractivity contribution in [3.8, 4) is 22.7 Å². The Morgan fingerprint density at radius 3 is 2.52 bits per heavy atom. The third kappa shape index (κ3) is 3.94. The maximum Gasteiger partial charge on any atom is 0.226 e. The smallest absolute Gasteiger partial charge is 0.226 e. The van der Waals surface area contributed by atoms with Crippen LogP contribution in [0.1, 0.15) is 27.3 Å². The Balaban J connectivity index is 1.44. The number of para-hydroxylation sites is 1. The summed E-state index contributed by atoms with van der Waals surface area (Å²) in [4.78, 5) is 22.7. The summed E-state index contributed by atoms with van der Waals surface area (Å²) in [5.41, 5.74) is 6.88. The van der Waals surface area contributed by atoms with Gasteiger partial charge in [-0.2, -0.15) is 0 Å². The van der Waals surface area contributed by atoms with E-state index in [0.29, 0.717) is 11.4 Å². The van der Waals surface area contributed by atoms with Crippen LogP contribution < -0.4 is 4.74 Å². The number of aromatic nitrogens is 3. The van der Waals surface area contributed by atoms with Gasteiger partial charge in [-0.15, -0.1) is 11.3 Å². The summed E-state index contributed by atoms with van der Waals surface area (Å²) in [6, 6.07) is 20.3. The largest absolute Gasteiger partial charge is 0.469 e. The summed E-state index contributed by atoms with van der Waals surface area (Å²) in [5, 5.41) is 2.90. The first kappa shape index (κ1) is 21.1. The highest BCUT2D eigenvalue weighted by molar-refractivity contribution is 7.17. The first-order valence-electron chi connectivity index (χ1n) is 10.7. The average Bonchev–Trinajstić information content (AvgIpc) is 3.39. The lowest BCUT2D eigenvalue weighted by Gasteiger charge is -2.10. The molecule has 0 fully saturated rings. The Morgan fingerprint density at radius 1 is 1.00 bits per heavy atom. The summed E-state index contributed by atoms with van der Waals surface area (Å²) in [6.07, 6.45) is 1.48. The molecule has 33 heavy (non-hydrogen) atoms. The van der Waals surface area contributed by atoms with E-state index in [1.165, 1.54) is 11.9 Å². The lowest BCUT2D eigenvalue weighted by Crippen LogP contribution is -2.13. The fourth-order valence-corrected chi connectivity index (χ4v) is 5.04. The van der Waals surface area contributed by atoms with Crippen LogP contribution in [-0.4, -0.2) is 26.9 Å². The fraction of sp³-hybridized carbons (Fsp3) is 0.148. The Labute approximate surface area is 196 Å². The van der Waals surface area contributed by atoms with Gasteiger partial charge in [-0.1, -0.05) is 48.0 Å². The van der Waals surface area contributed by atoms with E-state index in [2.05, 4.69) is 51.1 Å². The Hall–Kier alpha value is -3.77. The molecule has 0 saturated carbocycles. The lowest BCUT2D eigenvalue weighted by atomic mass is 10.0. The maximum absolute atomic E-state index is 13.1. The van der Waals surface area contributed by atoms with Crippen LogP contribution in [0.3, 0.4) is 0 Å². The van der Waals surface area contributed by atoms with Gasteiger partial charge in [0.25, 0.3) is 0 Å². The Bertz CT molecular complexity index is 1450. The molecule has 0 unspecified atom stereocenters. The number of hydrogen-bond acceptors (Lipinski definition) is 5. The van der Waals surface area contributed by atoms with Crippen molar-refractivity contribution in [2.45, 2.75) is 20.8 Å². The molecular formula is C27H23N3O2S. The Kier molecular flexibility index (Phi) is 5.52. The van der Waals surface area contributed by atoms with Crippen LogP contribution in [0.25, 0.3) is 27.0 Å². The molecule has 164 valence electrons. The number of carbonyl (C=O) groups excluding carboxylic acids is 1. The minimum absolute atomic E-state index is 0.0795. The molecule has 0 spiro atoms. The number of fused-ring (bicyclic) bond motifs is 1. The number of nitrogens with zero attached hydrogens (tertiary/aromatic N) is 3. The van der Waals surface area contributed by atoms with Gasteiger partial charge in [-0.05, 0) is 44.5 Å². The van der Waals surface area contributed by atoms with Gasteiger partial charge in [0.15, 0.2) is 6.61 Å². The van der Waals surface area contributed by atoms with Gasteiger partial charge in [0.05, 0.1) is 5.39 Å². The highest BCUT2D eigenvalue weighted by Gasteiger charge is 2.19. The average molecular weight is 454 g/mol. The van der Waals surface area contributed by atoms with E-state index < -0.39 is 0 Å². The first-order valence-corrected chi connectivity index (χ1v) is 11.6. The molecule has 0 amide bonds. The molecule has 5 rings (SSSR count). The molecule has 0 N–H and O–H groups in total. The quantitative estimate of drug-likeness (QED) is 0.282. The number of aryl methyl sites for hydroxylation is 2. The predicted octanol–water partition coefficient (Wildman–Crippen LogP) is 6.34. The van der Waals surface area contributed by atoms with Crippen molar-refractivity contribution in [1.82, 2.24) is 14.5 Å². The number of carbonyl (C=O) groups is 1. The molecule has 2 aromatic carbocycles. The third-order valence-electron chi connectivity index (χ3n) is 5.78. The van der Waals surface area contributed by atoms with Crippen molar-refractivity contribution in [2.24, 2.45) is 0 Å². The number of thiophene rings is 1. The number of benzene rings is 2. The van der Waals surface area contributed by atoms with E-state index in [1.807, 2.05) is 50.2 Å². The molecule has 0 aliphatic heterocycles. The standard InChI is InChI=1S/C27H23N3O2S/c1-17-9-11-20(12-10-17)23-15-33-27-25(23)26(28-16-29-27)32-14-24(31)22-13-18(2)30(19(22)3)21-7-5-4-6-8-21/h4-13,15-16H,14H2,1-3H3. The highest BCUT2D eigenvalue weighted by atomic mass is 32.1. The van der Waals surface area contributed by atoms with E-state index in [1.54, 1.807) is 11.3 Å². The van der Waals surface area contributed by atoms with Crippen molar-refractivity contribution >= 4 is 27.3 Å². The molecule has 5 nitrogen and oxygen atoms in total. The summed E-state index contributed by atoms with van der Waals surface area (Å²) in [6.45, 7) is 5.94. The van der Waals surface area contributed by atoms with E-state index in [9.17, 15) is 4.79 Å². The molecule has 0 radical (unpaired) electrons. The van der Waals surface area contributed by atoms with Crippen molar-refractivity contribution in [3.05, 3.63) is 94.9 Å². The minimum Gasteiger partial charge on any atom is -0.469 e. The van der Waals surface area contributed by atoms with Crippen LogP contribution in [0.2, 0.25) is 0 Å². The van der Waals surface area contributed by atoms with Crippen molar-refractivity contribution in [1.29, 1.82) is 0 Å². The van der Waals surface area contributed by atoms with Crippen LogP contribution in [0.4, 0.5) is 0 Å². The van der Waals surface area contributed by atoms with E-state index >= 15 is 0 Å². The zero-order valence-corrected chi connectivity index (χ0v) is 19.5. The van der Waals surface area contributed by atoms with Crippen LogP contribution in [0.5, 0.6) is 5.88 Å². The fourth-order valence-electron chi connectivity index (χ4n) is 4.13. The second kappa shape index (κ2) is 8.64. The monoisotopic (exact) mass is 453 g/mol. The topological polar surface area (TPSA) is 57.0 Å². The summed E-state index contributed by atoms with van der Waals surface area (Å²) in [7, 11) is 0. The third-order valence-corrected chi connectivity index (χ3v) is 6.67. The van der Waals surface area contributed by atoms with Crippen molar-refractivity contribution in [2.75, 3.05) is 6.61 Å². The molecule has 0 aliphatic carbocycles. The number of ketones is 1. The van der Waals surface area contributed by atoms with Gasteiger partial charge >= 0.3 is 0 Å². The van der Waals surface area contributed by atoms with Gasteiger partial charge in [-0.3, -0.25) is 4.79 Å². The van der Waals surface area contributed by atoms with Gasteiger partial charge in [0.1, 0.15) is 11.2 Å². The minimum atomic E-state index is -0.0889. The second-order valence-corrected chi connectivity index (χ2v) is 8.90. The van der Waals surface area contributed by atoms with Crippen molar-refractivity contribution in [3.63, 3.8) is 0 Å². The van der Waals surface area contributed by atoms with Crippen LogP contribution >= 0.6 is 11.3 Å². The van der Waals surface area contributed by atoms with Crippen LogP contribution in [-0.2, 0) is 0 Å². The molecule has 6 heteroatoms. The molecule has 0 atom stereocenters. The lowest BCUT2D eigenvalue weighted by molar-refractivity contribution is 0.0918. The second-order valence-electron chi connectivity index (χ2n) is 8.04. The van der Waals surface area contributed by atoms with Gasteiger partial charge in [-0.25, -0.2) is 9.97 Å². The van der Waals surface area contributed by atoms with Gasteiger partial charge in [0.2, 0.25) is 11.7 Å².